The smallest absolute Gasteiger partial charge is 0.202 e. The lowest BCUT2D eigenvalue weighted by molar-refractivity contribution is 0.0660. The van der Waals surface area contributed by atoms with Crippen LogP contribution >= 0.6 is 0 Å². The van der Waals surface area contributed by atoms with Gasteiger partial charge in [0.1, 0.15) is 5.69 Å². The predicted molar refractivity (Wildman–Crippen MR) is 82.7 cm³/mol. The number of rotatable bonds is 6. The van der Waals surface area contributed by atoms with E-state index in [1.54, 1.807) is 10.9 Å². The fourth-order valence-corrected chi connectivity index (χ4v) is 2.62. The van der Waals surface area contributed by atoms with Gasteiger partial charge in [-0.25, -0.2) is 4.68 Å². The quantitative estimate of drug-likeness (QED) is 0.766. The van der Waals surface area contributed by atoms with Gasteiger partial charge in [-0.1, -0.05) is 37.3 Å². The van der Waals surface area contributed by atoms with Gasteiger partial charge in [-0.3, -0.25) is 9.69 Å². The summed E-state index contributed by atoms with van der Waals surface area (Å²) in [7, 11) is 0. The summed E-state index contributed by atoms with van der Waals surface area (Å²) in [6, 6.07) is 9.59. The average molecular weight is 286 g/mol. The van der Waals surface area contributed by atoms with E-state index in [0.29, 0.717) is 5.69 Å². The van der Waals surface area contributed by atoms with Gasteiger partial charge in [0.2, 0.25) is 5.78 Å². The summed E-state index contributed by atoms with van der Waals surface area (Å²) in [4.78, 5) is 15.1. The lowest BCUT2D eigenvalue weighted by Gasteiger charge is -2.35. The molecule has 0 saturated heterocycles. The molecule has 112 valence electrons. The molecular weight excluding hydrogens is 264 g/mol. The number of benzene rings is 1. The van der Waals surface area contributed by atoms with E-state index in [9.17, 15) is 4.79 Å². The first kappa shape index (κ1) is 15.4. The zero-order chi connectivity index (χ0) is 15.5. The molecule has 5 heteroatoms. The Morgan fingerprint density at radius 2 is 1.81 bits per heavy atom. The maximum absolute atomic E-state index is 12.9. The van der Waals surface area contributed by atoms with E-state index in [0.717, 1.165) is 18.8 Å². The number of para-hydroxylation sites is 1. The number of hydrogen-bond donors (Lipinski definition) is 0. The largest absolute Gasteiger partial charge is 0.292 e. The molecule has 2 rings (SSSR count). The average Bonchev–Trinajstić information content (AvgIpc) is 2.97. The van der Waals surface area contributed by atoms with Crippen LogP contribution in [0.5, 0.6) is 0 Å². The number of aromatic nitrogens is 3. The maximum atomic E-state index is 12.9. The van der Waals surface area contributed by atoms with Gasteiger partial charge in [-0.05, 0) is 39.1 Å². The molecule has 0 saturated carbocycles. The van der Waals surface area contributed by atoms with Gasteiger partial charge in [0.25, 0.3) is 0 Å². The van der Waals surface area contributed by atoms with Crippen molar-refractivity contribution in [3.8, 4) is 5.69 Å². The minimum Gasteiger partial charge on any atom is -0.292 e. The monoisotopic (exact) mass is 286 g/mol. The van der Waals surface area contributed by atoms with E-state index in [2.05, 4.69) is 29.1 Å². The second-order valence-corrected chi connectivity index (χ2v) is 5.43. The van der Waals surface area contributed by atoms with E-state index in [4.69, 9.17) is 0 Å². The first-order valence-corrected chi connectivity index (χ1v) is 7.28. The van der Waals surface area contributed by atoms with Crippen molar-refractivity contribution in [1.82, 2.24) is 19.9 Å². The molecule has 0 aliphatic carbocycles. The van der Waals surface area contributed by atoms with Gasteiger partial charge in [-0.15, -0.1) is 5.10 Å². The fraction of sp³-hybridized carbons (Fsp3) is 0.438. The van der Waals surface area contributed by atoms with Gasteiger partial charge in [0, 0.05) is 0 Å². The molecule has 2 aromatic rings. The number of ketones is 1. The zero-order valence-corrected chi connectivity index (χ0v) is 13.1. The molecule has 0 aliphatic rings. The van der Waals surface area contributed by atoms with Gasteiger partial charge in [0.15, 0.2) is 0 Å². The van der Waals surface area contributed by atoms with Crippen LogP contribution in [0, 0.1) is 0 Å². The van der Waals surface area contributed by atoms with Crippen molar-refractivity contribution < 1.29 is 4.79 Å². The van der Waals surface area contributed by atoms with Crippen LogP contribution in [-0.4, -0.2) is 44.3 Å². The molecule has 0 bridgehead atoms. The summed E-state index contributed by atoms with van der Waals surface area (Å²) >= 11 is 0. The first-order chi connectivity index (χ1) is 10.0. The van der Waals surface area contributed by atoms with Crippen LogP contribution in [0.25, 0.3) is 5.69 Å². The molecule has 0 unspecified atom stereocenters. The van der Waals surface area contributed by atoms with Crippen LogP contribution in [0.4, 0.5) is 0 Å². The van der Waals surface area contributed by atoms with Gasteiger partial charge >= 0.3 is 0 Å². The van der Waals surface area contributed by atoms with E-state index >= 15 is 0 Å². The highest BCUT2D eigenvalue weighted by Crippen LogP contribution is 2.21. The molecule has 1 aromatic heterocycles. The molecule has 5 nitrogen and oxygen atoms in total. The minimum atomic E-state index is -0.586. The molecule has 0 aliphatic heterocycles. The van der Waals surface area contributed by atoms with Crippen molar-refractivity contribution in [2.45, 2.75) is 33.2 Å². The van der Waals surface area contributed by atoms with Crippen LogP contribution in [-0.2, 0) is 0 Å². The minimum absolute atomic E-state index is 0.0278. The highest BCUT2D eigenvalue weighted by molar-refractivity contribution is 6.01. The Hall–Kier alpha value is -2.01. The Kier molecular flexibility index (Phi) is 4.53. The number of Topliss-reactive ketones (excluding diaryl/α,β-unsaturated/α-hetero) is 1. The summed E-state index contributed by atoms with van der Waals surface area (Å²) in [5.74, 6) is 0.0278. The van der Waals surface area contributed by atoms with Crippen LogP contribution in [0.15, 0.2) is 36.5 Å². The topological polar surface area (TPSA) is 51.0 Å². The highest BCUT2D eigenvalue weighted by atomic mass is 16.1. The van der Waals surface area contributed by atoms with Gasteiger partial charge in [-0.2, -0.15) is 0 Å². The van der Waals surface area contributed by atoms with Crippen LogP contribution in [0.2, 0.25) is 0 Å². The summed E-state index contributed by atoms with van der Waals surface area (Å²) in [5.41, 5.74) is 0.768. The Morgan fingerprint density at radius 3 is 2.38 bits per heavy atom. The molecular formula is C16H22N4O. The Bertz CT molecular complexity index is 600. The number of nitrogens with zero attached hydrogens (tertiary/aromatic N) is 4. The molecule has 0 fully saturated rings. The Balaban J connectivity index is 2.40. The van der Waals surface area contributed by atoms with Crippen molar-refractivity contribution in [3.63, 3.8) is 0 Å². The maximum Gasteiger partial charge on any atom is 0.202 e. The normalized spacial score (nSPS) is 11.9. The van der Waals surface area contributed by atoms with E-state index < -0.39 is 5.54 Å². The number of hydrogen-bond acceptors (Lipinski definition) is 4. The number of carbonyl (C=O) groups excluding carboxylic acids is 1. The van der Waals surface area contributed by atoms with Crippen LogP contribution < -0.4 is 0 Å². The van der Waals surface area contributed by atoms with Crippen LogP contribution in [0.3, 0.4) is 0 Å². The Labute approximate surface area is 125 Å². The summed E-state index contributed by atoms with van der Waals surface area (Å²) in [5, 5.41) is 7.98. The molecule has 21 heavy (non-hydrogen) atoms. The summed E-state index contributed by atoms with van der Waals surface area (Å²) < 4.78 is 1.60. The first-order valence-electron chi connectivity index (χ1n) is 7.28. The Morgan fingerprint density at radius 1 is 1.19 bits per heavy atom. The van der Waals surface area contributed by atoms with E-state index in [1.165, 1.54) is 0 Å². The zero-order valence-electron chi connectivity index (χ0n) is 13.1. The molecule has 0 amide bonds. The van der Waals surface area contributed by atoms with Crippen molar-refractivity contribution in [3.05, 3.63) is 42.2 Å². The third kappa shape index (κ3) is 2.88. The number of carbonyl (C=O) groups is 1. The standard InChI is InChI=1S/C16H22N4O/c1-5-19(6-2)16(3,4)15(21)14-12-17-18-20(14)13-10-8-7-9-11-13/h7-12H,5-6H2,1-4H3. The summed E-state index contributed by atoms with van der Waals surface area (Å²) in [6.45, 7) is 9.66. The van der Waals surface area contributed by atoms with Crippen molar-refractivity contribution in [1.29, 1.82) is 0 Å². The predicted octanol–water partition coefficient (Wildman–Crippen LogP) is 2.57. The lowest BCUT2D eigenvalue weighted by atomic mass is 9.94. The highest BCUT2D eigenvalue weighted by Gasteiger charge is 2.35. The number of likely N-dealkylation sites (N-methyl/N-ethyl adjacent to an activating group) is 1. The van der Waals surface area contributed by atoms with E-state index in [1.807, 2.05) is 44.2 Å². The molecule has 0 atom stereocenters. The van der Waals surface area contributed by atoms with Crippen LogP contribution in [0.1, 0.15) is 38.2 Å². The molecule has 1 heterocycles. The molecule has 1 aromatic carbocycles. The van der Waals surface area contributed by atoms with Crippen molar-refractivity contribution >= 4 is 5.78 Å². The van der Waals surface area contributed by atoms with E-state index in [-0.39, 0.29) is 5.78 Å². The molecule has 0 spiro atoms. The lowest BCUT2D eigenvalue weighted by Crippen LogP contribution is -2.50. The third-order valence-electron chi connectivity index (χ3n) is 3.89. The fourth-order valence-electron chi connectivity index (χ4n) is 2.62. The second kappa shape index (κ2) is 6.18. The molecule has 0 N–H and O–H groups in total. The molecule has 0 radical (unpaired) electrons. The summed E-state index contributed by atoms with van der Waals surface area (Å²) in [6.07, 6.45) is 1.54. The third-order valence-corrected chi connectivity index (χ3v) is 3.89. The van der Waals surface area contributed by atoms with Gasteiger partial charge in [0.05, 0.1) is 17.4 Å². The van der Waals surface area contributed by atoms with Crippen molar-refractivity contribution in [2.24, 2.45) is 0 Å². The SMILES string of the molecule is CCN(CC)C(C)(C)C(=O)c1cnnn1-c1ccccc1. The van der Waals surface area contributed by atoms with Gasteiger partial charge < -0.3 is 0 Å². The second-order valence-electron chi connectivity index (χ2n) is 5.43. The van der Waals surface area contributed by atoms with Crippen molar-refractivity contribution in [2.75, 3.05) is 13.1 Å².